The van der Waals surface area contributed by atoms with Crippen molar-refractivity contribution < 1.29 is 0 Å². The Balaban J connectivity index is 2.74. The molecule has 0 heteroatoms. The molecule has 0 aromatic heterocycles. The van der Waals surface area contributed by atoms with E-state index in [0.29, 0.717) is 0 Å². The van der Waals surface area contributed by atoms with Gasteiger partial charge in [-0.15, -0.1) is 0 Å². The van der Waals surface area contributed by atoms with Crippen LogP contribution in [0.15, 0.2) is 23.3 Å². The van der Waals surface area contributed by atoms with Gasteiger partial charge in [-0.1, -0.05) is 30.2 Å². The zero-order chi connectivity index (χ0) is 6.85. The zero-order valence-electron chi connectivity index (χ0n) is 6.36. The largest absolute Gasteiger partial charge is 0.0728 e. The van der Waals surface area contributed by atoms with E-state index in [9.17, 15) is 0 Å². The van der Waals surface area contributed by atoms with E-state index in [4.69, 9.17) is 0 Å². The van der Waals surface area contributed by atoms with Crippen LogP contribution >= 0.6 is 0 Å². The first kappa shape index (κ1) is 6.60. The van der Waals surface area contributed by atoms with E-state index in [0.717, 1.165) is 0 Å². The van der Waals surface area contributed by atoms with Gasteiger partial charge in [0.15, 0.2) is 0 Å². The lowest BCUT2D eigenvalue weighted by atomic mass is 10.0. The predicted octanol–water partition coefficient (Wildman–Crippen LogP) is 2.88. The second-order valence-electron chi connectivity index (χ2n) is 2.52. The first-order valence-electron chi connectivity index (χ1n) is 3.47. The van der Waals surface area contributed by atoms with Crippen molar-refractivity contribution in [1.82, 2.24) is 0 Å². The lowest BCUT2D eigenvalue weighted by Gasteiger charge is -2.04. The molecule has 0 unspecified atom stereocenters. The summed E-state index contributed by atoms with van der Waals surface area (Å²) in [5, 5.41) is 0. The van der Waals surface area contributed by atoms with E-state index < -0.39 is 0 Å². The molecule has 1 aliphatic rings. The molecule has 49 valence electrons. The molecular weight excluding hydrogens is 108 g/mol. The Morgan fingerprint density at radius 2 is 1.89 bits per heavy atom. The first-order valence-corrected chi connectivity index (χ1v) is 3.47. The van der Waals surface area contributed by atoms with Gasteiger partial charge in [0.25, 0.3) is 0 Å². The molecule has 1 aliphatic carbocycles. The van der Waals surface area contributed by atoms with Crippen molar-refractivity contribution in [3.05, 3.63) is 29.2 Å². The normalized spacial score (nSPS) is 19.9. The third kappa shape index (κ3) is 1.07. The number of hydrogen-bond donors (Lipinski definition) is 0. The van der Waals surface area contributed by atoms with Gasteiger partial charge in [-0.2, -0.15) is 0 Å². The summed E-state index contributed by atoms with van der Waals surface area (Å²) in [6, 6.07) is 0. The second kappa shape index (κ2) is 2.38. The van der Waals surface area contributed by atoms with E-state index in [1.165, 1.54) is 23.5 Å². The summed E-state index contributed by atoms with van der Waals surface area (Å²) in [7, 11) is 0. The third-order valence-corrected chi connectivity index (χ3v) is 1.99. The van der Waals surface area contributed by atoms with Crippen molar-refractivity contribution in [1.29, 1.82) is 0 Å². The van der Waals surface area contributed by atoms with Crippen molar-refractivity contribution in [2.45, 2.75) is 27.2 Å². The van der Waals surface area contributed by atoms with Crippen LogP contribution in [0.1, 0.15) is 27.2 Å². The number of allylic oxidation sites excluding steroid dienone is 4. The predicted molar refractivity (Wildman–Crippen MR) is 41.0 cm³/mol. The number of rotatable bonds is 1. The van der Waals surface area contributed by atoms with Gasteiger partial charge in [0.2, 0.25) is 0 Å². The summed E-state index contributed by atoms with van der Waals surface area (Å²) >= 11 is 0. The number of hydrogen-bond acceptors (Lipinski definition) is 0. The topological polar surface area (TPSA) is 0 Å². The molecule has 0 bridgehead atoms. The quantitative estimate of drug-likeness (QED) is 0.500. The van der Waals surface area contributed by atoms with E-state index in [1.807, 2.05) is 0 Å². The summed E-state index contributed by atoms with van der Waals surface area (Å²) in [4.78, 5) is 0. The molecule has 0 nitrogen and oxygen atoms in total. The fourth-order valence-electron chi connectivity index (χ4n) is 1.11. The van der Waals surface area contributed by atoms with Crippen LogP contribution in [0, 0.1) is 5.92 Å². The summed E-state index contributed by atoms with van der Waals surface area (Å²) in [6.45, 7) is 6.55. The van der Waals surface area contributed by atoms with Crippen molar-refractivity contribution in [2.75, 3.05) is 0 Å². The SMILES string of the molecule is CC[C]1C=CC(C)=C1C. The van der Waals surface area contributed by atoms with E-state index >= 15 is 0 Å². The van der Waals surface area contributed by atoms with Crippen LogP contribution in [0.2, 0.25) is 0 Å². The van der Waals surface area contributed by atoms with Crippen LogP contribution in [0.3, 0.4) is 0 Å². The van der Waals surface area contributed by atoms with Crippen LogP contribution in [0.4, 0.5) is 0 Å². The molecule has 0 aromatic carbocycles. The fourth-order valence-corrected chi connectivity index (χ4v) is 1.11. The van der Waals surface area contributed by atoms with Gasteiger partial charge in [-0.3, -0.25) is 0 Å². The van der Waals surface area contributed by atoms with Crippen molar-refractivity contribution in [2.24, 2.45) is 0 Å². The molecule has 0 atom stereocenters. The molecule has 1 rings (SSSR count). The van der Waals surface area contributed by atoms with Crippen LogP contribution < -0.4 is 0 Å². The average molecular weight is 121 g/mol. The summed E-state index contributed by atoms with van der Waals surface area (Å²) in [5.41, 5.74) is 2.89. The van der Waals surface area contributed by atoms with Crippen LogP contribution in [0.5, 0.6) is 0 Å². The van der Waals surface area contributed by atoms with Gasteiger partial charge in [0.05, 0.1) is 0 Å². The highest BCUT2D eigenvalue weighted by atomic mass is 14.2. The highest BCUT2D eigenvalue weighted by Crippen LogP contribution is 2.28. The molecule has 9 heavy (non-hydrogen) atoms. The highest BCUT2D eigenvalue weighted by molar-refractivity contribution is 5.46. The zero-order valence-corrected chi connectivity index (χ0v) is 6.36. The van der Waals surface area contributed by atoms with Crippen molar-refractivity contribution in [3.8, 4) is 0 Å². The smallest absolute Gasteiger partial charge is 0.0223 e. The van der Waals surface area contributed by atoms with Crippen LogP contribution in [0.25, 0.3) is 0 Å². The maximum absolute atomic E-state index is 2.21. The monoisotopic (exact) mass is 121 g/mol. The lowest BCUT2D eigenvalue weighted by molar-refractivity contribution is 1.01. The van der Waals surface area contributed by atoms with Crippen molar-refractivity contribution >= 4 is 0 Å². The van der Waals surface area contributed by atoms with Gasteiger partial charge in [0, 0.05) is 5.92 Å². The van der Waals surface area contributed by atoms with Gasteiger partial charge in [-0.05, 0) is 20.3 Å². The molecule has 0 amide bonds. The van der Waals surface area contributed by atoms with E-state index in [2.05, 4.69) is 32.9 Å². The summed E-state index contributed by atoms with van der Waals surface area (Å²) < 4.78 is 0. The second-order valence-corrected chi connectivity index (χ2v) is 2.52. The van der Waals surface area contributed by atoms with Gasteiger partial charge < -0.3 is 0 Å². The molecule has 0 spiro atoms. The Kier molecular flexibility index (Phi) is 1.75. The summed E-state index contributed by atoms with van der Waals surface area (Å²) in [6.07, 6.45) is 5.57. The highest BCUT2D eigenvalue weighted by Gasteiger charge is 2.11. The van der Waals surface area contributed by atoms with Gasteiger partial charge in [0.1, 0.15) is 0 Å². The van der Waals surface area contributed by atoms with Crippen LogP contribution in [-0.2, 0) is 0 Å². The fraction of sp³-hybridized carbons (Fsp3) is 0.444. The van der Waals surface area contributed by atoms with Crippen LogP contribution in [-0.4, -0.2) is 0 Å². The first-order chi connectivity index (χ1) is 4.25. The third-order valence-electron chi connectivity index (χ3n) is 1.99. The minimum atomic E-state index is 1.17. The minimum absolute atomic E-state index is 1.17. The molecular formula is C9H13. The van der Waals surface area contributed by atoms with Gasteiger partial charge in [-0.25, -0.2) is 0 Å². The molecule has 0 N–H and O–H groups in total. The standard InChI is InChI=1S/C9H13/c1-4-9-6-5-7(2)8(9)3/h5-6H,4H2,1-3H3. The summed E-state index contributed by atoms with van der Waals surface area (Å²) in [5.74, 6) is 1.49. The molecule has 1 radical (unpaired) electrons. The Bertz CT molecular complexity index is 161. The van der Waals surface area contributed by atoms with Gasteiger partial charge >= 0.3 is 0 Å². The Hall–Kier alpha value is -0.520. The molecule has 0 saturated carbocycles. The Morgan fingerprint density at radius 1 is 1.22 bits per heavy atom. The average Bonchev–Trinajstić information content (AvgIpc) is 2.15. The lowest BCUT2D eigenvalue weighted by Crippen LogP contribution is -1.88. The molecule has 0 aromatic rings. The van der Waals surface area contributed by atoms with E-state index in [-0.39, 0.29) is 0 Å². The Labute approximate surface area is 57.3 Å². The minimum Gasteiger partial charge on any atom is -0.0728 e. The van der Waals surface area contributed by atoms with Crippen molar-refractivity contribution in [3.63, 3.8) is 0 Å². The van der Waals surface area contributed by atoms with E-state index in [1.54, 1.807) is 0 Å². The molecule has 0 saturated heterocycles. The maximum atomic E-state index is 2.21. The maximum Gasteiger partial charge on any atom is 0.0223 e. The Morgan fingerprint density at radius 3 is 2.11 bits per heavy atom. The molecule has 0 aliphatic heterocycles. The molecule has 0 heterocycles. The molecule has 0 fully saturated rings.